The molecule has 6 N–H and O–H groups in total. The Morgan fingerprint density at radius 1 is 1.50 bits per heavy atom. The van der Waals surface area contributed by atoms with Crippen LogP contribution in [0.15, 0.2) is 0 Å². The first-order valence-corrected chi connectivity index (χ1v) is 3.60. The largest absolute Gasteiger partial charge is 0.480 e. The Morgan fingerprint density at radius 2 is 2.08 bits per heavy atom. The number of nitrogens with two attached hydrogens (primary N) is 2. The Kier molecular flexibility index (Phi) is 5.56. The second-order valence-electron chi connectivity index (χ2n) is 2.49. The summed E-state index contributed by atoms with van der Waals surface area (Å²) in [5, 5.41) is 16.6. The van der Waals surface area contributed by atoms with Gasteiger partial charge in [0.2, 0.25) is 0 Å². The summed E-state index contributed by atoms with van der Waals surface area (Å²) in [6.07, 6.45) is 0.0356. The van der Waals surface area contributed by atoms with Crippen molar-refractivity contribution in [2.75, 3.05) is 6.54 Å². The Bertz CT molecular complexity index is 138. The number of carboxylic acids is 1. The van der Waals surface area contributed by atoms with Crippen LogP contribution in [0.5, 0.6) is 0 Å². The molecule has 6 nitrogen and oxygen atoms in total. The molecular formula is C6H14N2O4. The fraction of sp³-hybridized carbons (Fsp3) is 0.833. The molecule has 0 aromatic rings. The fourth-order valence-corrected chi connectivity index (χ4v) is 0.703. The Morgan fingerprint density at radius 3 is 2.42 bits per heavy atom. The van der Waals surface area contributed by atoms with Crippen LogP contribution in [0.3, 0.4) is 0 Å². The number of hydrogen-bond donors (Lipinski definition) is 4. The van der Waals surface area contributed by atoms with Crippen molar-refractivity contribution in [3.63, 3.8) is 0 Å². The van der Waals surface area contributed by atoms with Crippen molar-refractivity contribution in [3.8, 4) is 0 Å². The topological polar surface area (TPSA) is 119 Å². The lowest BCUT2D eigenvalue weighted by Gasteiger charge is -2.11. The molecule has 0 aromatic heterocycles. The first-order valence-electron chi connectivity index (χ1n) is 3.60. The monoisotopic (exact) mass is 178 g/mol. The lowest BCUT2D eigenvalue weighted by atomic mass is 10.1. The van der Waals surface area contributed by atoms with Crippen molar-refractivity contribution in [2.24, 2.45) is 11.5 Å². The number of rotatable bonds is 6. The highest BCUT2D eigenvalue weighted by atomic mass is 17.1. The quantitative estimate of drug-likeness (QED) is 0.306. The summed E-state index contributed by atoms with van der Waals surface area (Å²) in [5.41, 5.74) is 10.4. The van der Waals surface area contributed by atoms with E-state index in [1.807, 2.05) is 0 Å². The highest BCUT2D eigenvalue weighted by Gasteiger charge is 2.14. The van der Waals surface area contributed by atoms with Gasteiger partial charge in [0.05, 0.1) is 0 Å². The first kappa shape index (κ1) is 11.3. The van der Waals surface area contributed by atoms with Crippen molar-refractivity contribution in [3.05, 3.63) is 0 Å². The smallest absolute Gasteiger partial charge is 0.320 e. The molecule has 0 aromatic carbocycles. The van der Waals surface area contributed by atoms with E-state index in [0.717, 1.165) is 0 Å². The zero-order chi connectivity index (χ0) is 9.56. The third kappa shape index (κ3) is 4.24. The van der Waals surface area contributed by atoms with Gasteiger partial charge in [0, 0.05) is 6.54 Å². The average molecular weight is 178 g/mol. The molecule has 2 atom stereocenters. The van der Waals surface area contributed by atoms with E-state index in [-0.39, 0.29) is 13.0 Å². The first-order chi connectivity index (χ1) is 5.61. The second-order valence-corrected chi connectivity index (χ2v) is 2.49. The molecule has 0 aliphatic heterocycles. The SMILES string of the molecule is NCC(CC[C@H](N)C(=O)O)OO. The Labute approximate surface area is 70.0 Å². The molecule has 0 aliphatic carbocycles. The van der Waals surface area contributed by atoms with E-state index in [2.05, 4.69) is 4.89 Å². The van der Waals surface area contributed by atoms with E-state index in [9.17, 15) is 4.79 Å². The predicted molar refractivity (Wildman–Crippen MR) is 41.4 cm³/mol. The summed E-state index contributed by atoms with van der Waals surface area (Å²) in [6, 6.07) is -0.922. The molecule has 0 saturated heterocycles. The summed E-state index contributed by atoms with van der Waals surface area (Å²) >= 11 is 0. The third-order valence-electron chi connectivity index (χ3n) is 1.53. The van der Waals surface area contributed by atoms with Gasteiger partial charge in [-0.1, -0.05) is 0 Å². The molecule has 0 radical (unpaired) electrons. The summed E-state index contributed by atoms with van der Waals surface area (Å²) in [5.74, 6) is -1.07. The van der Waals surface area contributed by atoms with E-state index in [1.54, 1.807) is 0 Å². The van der Waals surface area contributed by atoms with E-state index >= 15 is 0 Å². The maximum Gasteiger partial charge on any atom is 0.320 e. The Balaban J connectivity index is 3.58. The van der Waals surface area contributed by atoms with Gasteiger partial charge in [-0.25, -0.2) is 4.89 Å². The van der Waals surface area contributed by atoms with Gasteiger partial charge in [0.1, 0.15) is 12.1 Å². The summed E-state index contributed by atoms with van der Waals surface area (Å²) in [6.45, 7) is 0.142. The number of aliphatic carboxylic acids is 1. The lowest BCUT2D eigenvalue weighted by molar-refractivity contribution is -0.277. The molecule has 72 valence electrons. The van der Waals surface area contributed by atoms with Crippen LogP contribution in [-0.4, -0.2) is 35.0 Å². The minimum absolute atomic E-state index is 0.142. The molecule has 0 rings (SSSR count). The molecule has 0 spiro atoms. The van der Waals surface area contributed by atoms with Crippen LogP contribution in [0, 0.1) is 0 Å². The number of carboxylic acid groups (broad SMARTS) is 1. The minimum Gasteiger partial charge on any atom is -0.480 e. The van der Waals surface area contributed by atoms with Crippen LogP contribution in [-0.2, 0) is 9.68 Å². The van der Waals surface area contributed by atoms with Crippen molar-refractivity contribution >= 4 is 5.97 Å². The van der Waals surface area contributed by atoms with Gasteiger partial charge >= 0.3 is 5.97 Å². The molecule has 1 unspecified atom stereocenters. The molecular weight excluding hydrogens is 164 g/mol. The second kappa shape index (κ2) is 5.90. The summed E-state index contributed by atoms with van der Waals surface area (Å²) in [4.78, 5) is 14.2. The normalized spacial score (nSPS) is 15.6. The van der Waals surface area contributed by atoms with Crippen LogP contribution in [0.25, 0.3) is 0 Å². The summed E-state index contributed by atoms with van der Waals surface area (Å²) in [7, 11) is 0. The van der Waals surface area contributed by atoms with Gasteiger partial charge < -0.3 is 16.6 Å². The van der Waals surface area contributed by atoms with Crippen molar-refractivity contribution in [1.29, 1.82) is 0 Å². The molecule has 12 heavy (non-hydrogen) atoms. The van der Waals surface area contributed by atoms with Crippen LogP contribution in [0.2, 0.25) is 0 Å². The number of hydrogen-bond acceptors (Lipinski definition) is 5. The van der Waals surface area contributed by atoms with Gasteiger partial charge in [-0.3, -0.25) is 10.1 Å². The molecule has 0 aliphatic rings. The predicted octanol–water partition coefficient (Wildman–Crippen LogP) is -1.00. The van der Waals surface area contributed by atoms with E-state index in [4.69, 9.17) is 21.8 Å². The number of carbonyl (C=O) groups is 1. The standard InChI is InChI=1S/C6H14N2O4/c7-3-4(12-11)1-2-5(8)6(9)10/h4-5,11H,1-3,7-8H2,(H,9,10)/t4?,5-/m0/s1. The molecule has 0 saturated carbocycles. The van der Waals surface area contributed by atoms with Crippen molar-refractivity contribution in [1.82, 2.24) is 0 Å². The van der Waals surface area contributed by atoms with E-state index in [1.165, 1.54) is 0 Å². The van der Waals surface area contributed by atoms with E-state index < -0.39 is 18.1 Å². The van der Waals surface area contributed by atoms with Crippen molar-refractivity contribution in [2.45, 2.75) is 25.0 Å². The van der Waals surface area contributed by atoms with Crippen LogP contribution in [0.4, 0.5) is 0 Å². The van der Waals surface area contributed by atoms with Gasteiger partial charge in [0.25, 0.3) is 0 Å². The van der Waals surface area contributed by atoms with Gasteiger partial charge in [-0.2, -0.15) is 0 Å². The average Bonchev–Trinajstić information content (AvgIpc) is 2.05. The highest BCUT2D eigenvalue weighted by molar-refractivity contribution is 5.72. The maximum absolute atomic E-state index is 10.2. The molecule has 0 fully saturated rings. The van der Waals surface area contributed by atoms with E-state index in [0.29, 0.717) is 6.42 Å². The zero-order valence-electron chi connectivity index (χ0n) is 6.64. The fourth-order valence-electron chi connectivity index (χ4n) is 0.703. The Hall–Kier alpha value is -0.690. The zero-order valence-corrected chi connectivity index (χ0v) is 6.64. The molecule has 0 bridgehead atoms. The van der Waals surface area contributed by atoms with Crippen LogP contribution >= 0.6 is 0 Å². The minimum atomic E-state index is -1.07. The van der Waals surface area contributed by atoms with Gasteiger partial charge in [0.15, 0.2) is 0 Å². The maximum atomic E-state index is 10.2. The van der Waals surface area contributed by atoms with Crippen LogP contribution < -0.4 is 11.5 Å². The summed E-state index contributed by atoms with van der Waals surface area (Å²) < 4.78 is 0. The molecule has 0 amide bonds. The van der Waals surface area contributed by atoms with Gasteiger partial charge in [-0.15, -0.1) is 0 Å². The van der Waals surface area contributed by atoms with Gasteiger partial charge in [-0.05, 0) is 12.8 Å². The van der Waals surface area contributed by atoms with Crippen LogP contribution in [0.1, 0.15) is 12.8 Å². The third-order valence-corrected chi connectivity index (χ3v) is 1.53. The van der Waals surface area contributed by atoms with Crippen molar-refractivity contribution < 1.29 is 20.0 Å². The molecule has 6 heteroatoms. The highest BCUT2D eigenvalue weighted by Crippen LogP contribution is 2.01. The molecule has 0 heterocycles. The lowest BCUT2D eigenvalue weighted by Crippen LogP contribution is -2.32.